The standard InChI is InChI=1S/C21H22ClN5O3S/c1-3-27-18(12-19(28)23-14-7-6-8-15(11-14)30-2)25-26-21(27)31-13-20(29)24-17-10-5-4-9-16(17)22/h4-11H,3,12-13H2,1-2H3,(H,23,28)(H,24,29). The maximum absolute atomic E-state index is 12.4. The first-order valence-electron chi connectivity index (χ1n) is 9.53. The number of ether oxygens (including phenoxy) is 1. The number of rotatable bonds is 9. The maximum Gasteiger partial charge on any atom is 0.234 e. The molecule has 8 nitrogen and oxygen atoms in total. The summed E-state index contributed by atoms with van der Waals surface area (Å²) in [6.45, 7) is 2.50. The largest absolute Gasteiger partial charge is 0.497 e. The fourth-order valence-electron chi connectivity index (χ4n) is 2.80. The molecule has 1 aromatic heterocycles. The fraction of sp³-hybridized carbons (Fsp3) is 0.238. The number of hydrogen-bond donors (Lipinski definition) is 2. The van der Waals surface area contributed by atoms with E-state index in [1.54, 1.807) is 55.6 Å². The van der Waals surface area contributed by atoms with Gasteiger partial charge >= 0.3 is 0 Å². The van der Waals surface area contributed by atoms with Crippen molar-refractivity contribution in [3.63, 3.8) is 0 Å². The highest BCUT2D eigenvalue weighted by molar-refractivity contribution is 7.99. The van der Waals surface area contributed by atoms with E-state index in [4.69, 9.17) is 16.3 Å². The zero-order valence-electron chi connectivity index (χ0n) is 17.1. The molecule has 1 heterocycles. The fourth-order valence-corrected chi connectivity index (χ4v) is 3.81. The van der Waals surface area contributed by atoms with Crippen LogP contribution in [0.1, 0.15) is 12.7 Å². The van der Waals surface area contributed by atoms with E-state index in [1.807, 2.05) is 11.5 Å². The van der Waals surface area contributed by atoms with Gasteiger partial charge in [-0.05, 0) is 31.2 Å². The van der Waals surface area contributed by atoms with Gasteiger partial charge in [-0.2, -0.15) is 0 Å². The third-order valence-electron chi connectivity index (χ3n) is 4.26. The van der Waals surface area contributed by atoms with Crippen LogP contribution >= 0.6 is 23.4 Å². The number of nitrogens with one attached hydrogen (secondary N) is 2. The summed E-state index contributed by atoms with van der Waals surface area (Å²) in [5, 5.41) is 14.9. The molecule has 0 saturated carbocycles. The summed E-state index contributed by atoms with van der Waals surface area (Å²) in [7, 11) is 1.57. The number of benzene rings is 2. The third kappa shape index (κ3) is 6.22. The number of halogens is 1. The highest BCUT2D eigenvalue weighted by Crippen LogP contribution is 2.22. The van der Waals surface area contributed by atoms with Gasteiger partial charge in [0.1, 0.15) is 11.6 Å². The van der Waals surface area contributed by atoms with Crippen LogP contribution in [0.4, 0.5) is 11.4 Å². The van der Waals surface area contributed by atoms with Crippen molar-refractivity contribution < 1.29 is 14.3 Å². The number of para-hydroxylation sites is 1. The molecule has 2 aromatic carbocycles. The molecule has 0 atom stereocenters. The second-order valence-corrected chi connectivity index (χ2v) is 7.77. The average Bonchev–Trinajstić information content (AvgIpc) is 3.15. The maximum atomic E-state index is 12.4. The Morgan fingerprint density at radius 1 is 1.10 bits per heavy atom. The van der Waals surface area contributed by atoms with Crippen molar-refractivity contribution in [1.29, 1.82) is 0 Å². The van der Waals surface area contributed by atoms with Crippen LogP contribution in [0.3, 0.4) is 0 Å². The Hall–Kier alpha value is -3.04. The minimum atomic E-state index is -0.219. The summed E-state index contributed by atoms with van der Waals surface area (Å²) < 4.78 is 6.98. The molecule has 162 valence electrons. The zero-order valence-corrected chi connectivity index (χ0v) is 18.7. The predicted molar refractivity (Wildman–Crippen MR) is 122 cm³/mol. The Balaban J connectivity index is 1.59. The van der Waals surface area contributed by atoms with Gasteiger partial charge in [0.05, 0.1) is 30.0 Å². The van der Waals surface area contributed by atoms with Crippen molar-refractivity contribution in [2.45, 2.75) is 25.0 Å². The summed E-state index contributed by atoms with van der Waals surface area (Å²) >= 11 is 7.31. The Morgan fingerprint density at radius 2 is 1.90 bits per heavy atom. The van der Waals surface area contributed by atoms with E-state index in [2.05, 4.69) is 20.8 Å². The van der Waals surface area contributed by atoms with Crippen LogP contribution in [0.25, 0.3) is 0 Å². The van der Waals surface area contributed by atoms with Gasteiger partial charge in [0, 0.05) is 18.3 Å². The number of carbonyl (C=O) groups excluding carboxylic acids is 2. The van der Waals surface area contributed by atoms with Gasteiger partial charge in [-0.1, -0.05) is 41.6 Å². The van der Waals surface area contributed by atoms with Gasteiger partial charge in [0.2, 0.25) is 11.8 Å². The smallest absolute Gasteiger partial charge is 0.234 e. The van der Waals surface area contributed by atoms with Gasteiger partial charge < -0.3 is 19.9 Å². The molecule has 0 saturated heterocycles. The number of anilines is 2. The van der Waals surface area contributed by atoms with Crippen LogP contribution in [0.15, 0.2) is 53.7 Å². The zero-order chi connectivity index (χ0) is 22.2. The van der Waals surface area contributed by atoms with Crippen LogP contribution < -0.4 is 15.4 Å². The molecule has 2 N–H and O–H groups in total. The van der Waals surface area contributed by atoms with Crippen molar-refractivity contribution in [1.82, 2.24) is 14.8 Å². The molecule has 0 aliphatic carbocycles. The van der Waals surface area contributed by atoms with Crippen molar-refractivity contribution in [2.24, 2.45) is 0 Å². The van der Waals surface area contributed by atoms with Crippen LogP contribution in [0.2, 0.25) is 5.02 Å². The first kappa shape index (κ1) is 22.6. The molecule has 0 fully saturated rings. The lowest BCUT2D eigenvalue weighted by Crippen LogP contribution is -2.18. The van der Waals surface area contributed by atoms with Gasteiger partial charge in [-0.25, -0.2) is 0 Å². The summed E-state index contributed by atoms with van der Waals surface area (Å²) in [6, 6.07) is 14.2. The highest BCUT2D eigenvalue weighted by Gasteiger charge is 2.16. The third-order valence-corrected chi connectivity index (χ3v) is 5.56. The van der Waals surface area contributed by atoms with Gasteiger partial charge in [0.15, 0.2) is 5.16 Å². The van der Waals surface area contributed by atoms with Crippen molar-refractivity contribution in [2.75, 3.05) is 23.5 Å². The van der Waals surface area contributed by atoms with E-state index in [0.717, 1.165) is 0 Å². The Kier molecular flexibility index (Phi) is 7.91. The SMILES string of the molecule is CCn1c(CC(=O)Nc2cccc(OC)c2)nnc1SCC(=O)Nc1ccccc1Cl. The predicted octanol–water partition coefficient (Wildman–Crippen LogP) is 3.87. The first-order chi connectivity index (χ1) is 15.0. The van der Waals surface area contributed by atoms with E-state index in [1.165, 1.54) is 11.8 Å². The van der Waals surface area contributed by atoms with Gasteiger partial charge in [0.25, 0.3) is 0 Å². The molecule has 0 aliphatic heterocycles. The van der Waals surface area contributed by atoms with E-state index in [-0.39, 0.29) is 24.0 Å². The molecule has 2 amide bonds. The van der Waals surface area contributed by atoms with Crippen LogP contribution in [0, 0.1) is 0 Å². The number of hydrogen-bond acceptors (Lipinski definition) is 6. The molecule has 0 unspecified atom stereocenters. The van der Waals surface area contributed by atoms with Crippen molar-refractivity contribution in [3.8, 4) is 5.75 Å². The van der Waals surface area contributed by atoms with E-state index >= 15 is 0 Å². The average molecular weight is 460 g/mol. The lowest BCUT2D eigenvalue weighted by molar-refractivity contribution is -0.116. The number of aromatic nitrogens is 3. The molecule has 3 rings (SSSR count). The minimum Gasteiger partial charge on any atom is -0.497 e. The monoisotopic (exact) mass is 459 g/mol. The number of carbonyl (C=O) groups is 2. The summed E-state index contributed by atoms with van der Waals surface area (Å²) in [5.74, 6) is 0.893. The Labute approximate surface area is 189 Å². The molecule has 31 heavy (non-hydrogen) atoms. The topological polar surface area (TPSA) is 98.1 Å². The number of amides is 2. The normalized spacial score (nSPS) is 10.5. The molecule has 0 aliphatic rings. The highest BCUT2D eigenvalue weighted by atomic mass is 35.5. The lowest BCUT2D eigenvalue weighted by Gasteiger charge is -2.09. The number of methoxy groups -OCH3 is 1. The molecular formula is C21H22ClN5O3S. The minimum absolute atomic E-state index is 0.0599. The number of nitrogens with zero attached hydrogens (tertiary/aromatic N) is 3. The molecule has 3 aromatic rings. The van der Waals surface area contributed by atoms with Crippen molar-refractivity contribution in [3.05, 3.63) is 59.4 Å². The molecular weight excluding hydrogens is 438 g/mol. The Bertz CT molecular complexity index is 1070. The second kappa shape index (κ2) is 10.8. The quantitative estimate of drug-likeness (QED) is 0.471. The molecule has 0 radical (unpaired) electrons. The summed E-state index contributed by atoms with van der Waals surface area (Å²) in [4.78, 5) is 24.7. The molecule has 0 spiro atoms. The van der Waals surface area contributed by atoms with E-state index in [9.17, 15) is 9.59 Å². The van der Waals surface area contributed by atoms with E-state index in [0.29, 0.717) is 39.7 Å². The lowest BCUT2D eigenvalue weighted by atomic mass is 10.3. The molecule has 0 bridgehead atoms. The van der Waals surface area contributed by atoms with Crippen LogP contribution in [-0.2, 0) is 22.6 Å². The summed E-state index contributed by atoms with van der Waals surface area (Å²) in [6.07, 6.45) is 0.0599. The van der Waals surface area contributed by atoms with Gasteiger partial charge in [-0.3, -0.25) is 9.59 Å². The Morgan fingerprint density at radius 3 is 2.65 bits per heavy atom. The summed E-state index contributed by atoms with van der Waals surface area (Å²) in [5.41, 5.74) is 1.19. The van der Waals surface area contributed by atoms with E-state index < -0.39 is 0 Å². The molecule has 10 heteroatoms. The van der Waals surface area contributed by atoms with Crippen molar-refractivity contribution >= 4 is 46.6 Å². The first-order valence-corrected chi connectivity index (χ1v) is 10.9. The van der Waals surface area contributed by atoms with Crippen LogP contribution in [-0.4, -0.2) is 39.4 Å². The second-order valence-electron chi connectivity index (χ2n) is 6.42. The van der Waals surface area contributed by atoms with Gasteiger partial charge in [-0.15, -0.1) is 10.2 Å². The number of thioether (sulfide) groups is 1. The van der Waals surface area contributed by atoms with Crippen LogP contribution in [0.5, 0.6) is 5.75 Å².